The Morgan fingerprint density at radius 2 is 1.88 bits per heavy atom. The van der Waals surface area contributed by atoms with E-state index in [-0.39, 0.29) is 23.9 Å². The third kappa shape index (κ3) is 3.47. The molecule has 1 aromatic rings. The first-order chi connectivity index (χ1) is 12.2. The third-order valence-corrected chi connectivity index (χ3v) is 4.71. The molecule has 0 saturated carbocycles. The number of benzene rings is 1. The summed E-state index contributed by atoms with van der Waals surface area (Å²) < 4.78 is 38.4. The standard InChI is InChI=1S/C15H15F3N4O4/c16-15(17,18)9-1-2-10(11(7-9)22(25)26)20-3-5-21(6-4-20)12-8-13(23)19-14(12)24/h1-2,7,12H,3-6,8H2,(H,19,23,24)/p+1/t12-/m0/s1. The maximum absolute atomic E-state index is 12.8. The van der Waals surface area contributed by atoms with Crippen LogP contribution in [0.15, 0.2) is 18.2 Å². The number of imide groups is 1. The number of hydrogen-bond donors (Lipinski definition) is 2. The van der Waals surface area contributed by atoms with Gasteiger partial charge in [0.25, 0.3) is 11.6 Å². The maximum atomic E-state index is 12.8. The number of nitrogens with one attached hydrogen (secondary N) is 2. The number of carbonyl (C=O) groups excluding carboxylic acids is 2. The van der Waals surface area contributed by atoms with Crippen molar-refractivity contribution in [2.45, 2.75) is 18.6 Å². The van der Waals surface area contributed by atoms with Crippen LogP contribution in [0.5, 0.6) is 0 Å². The molecule has 0 aliphatic carbocycles. The molecule has 2 amide bonds. The Morgan fingerprint density at radius 1 is 1.23 bits per heavy atom. The molecule has 2 fully saturated rings. The predicted molar refractivity (Wildman–Crippen MR) is 82.6 cm³/mol. The van der Waals surface area contributed by atoms with Crippen molar-refractivity contribution in [3.8, 4) is 0 Å². The Bertz CT molecular complexity index is 760. The number of carbonyl (C=O) groups is 2. The average molecular weight is 373 g/mol. The first kappa shape index (κ1) is 18.1. The van der Waals surface area contributed by atoms with Gasteiger partial charge in [-0.1, -0.05) is 0 Å². The molecule has 1 atom stereocenters. The molecule has 26 heavy (non-hydrogen) atoms. The molecule has 2 heterocycles. The van der Waals surface area contributed by atoms with Crippen molar-refractivity contribution in [3.63, 3.8) is 0 Å². The molecular weight excluding hydrogens is 357 g/mol. The summed E-state index contributed by atoms with van der Waals surface area (Å²) in [5.74, 6) is -0.660. The largest absolute Gasteiger partial charge is 0.416 e. The Morgan fingerprint density at radius 3 is 2.38 bits per heavy atom. The van der Waals surface area contributed by atoms with Gasteiger partial charge in [-0.3, -0.25) is 25.0 Å². The lowest BCUT2D eigenvalue weighted by molar-refractivity contribution is -0.915. The highest BCUT2D eigenvalue weighted by Gasteiger charge is 2.41. The van der Waals surface area contributed by atoms with E-state index >= 15 is 0 Å². The van der Waals surface area contributed by atoms with Crippen molar-refractivity contribution in [2.75, 3.05) is 31.1 Å². The van der Waals surface area contributed by atoms with Crippen molar-refractivity contribution in [1.82, 2.24) is 5.32 Å². The normalized spacial score (nSPS) is 21.8. The number of anilines is 1. The van der Waals surface area contributed by atoms with Crippen LogP contribution in [0.25, 0.3) is 0 Å². The second kappa shape index (κ2) is 6.56. The second-order valence-electron chi connectivity index (χ2n) is 6.27. The number of rotatable bonds is 3. The molecule has 11 heteroatoms. The van der Waals surface area contributed by atoms with E-state index in [1.54, 1.807) is 4.90 Å². The fraction of sp³-hybridized carbons (Fsp3) is 0.467. The van der Waals surface area contributed by atoms with E-state index in [0.717, 1.165) is 17.0 Å². The fourth-order valence-electron chi connectivity index (χ4n) is 3.38. The molecule has 140 valence electrons. The van der Waals surface area contributed by atoms with E-state index in [9.17, 15) is 32.9 Å². The van der Waals surface area contributed by atoms with E-state index in [1.165, 1.54) is 0 Å². The Labute approximate surface area is 145 Å². The van der Waals surface area contributed by atoms with Gasteiger partial charge in [0.05, 0.1) is 43.1 Å². The highest BCUT2D eigenvalue weighted by atomic mass is 19.4. The van der Waals surface area contributed by atoms with Crippen LogP contribution < -0.4 is 15.1 Å². The van der Waals surface area contributed by atoms with Crippen LogP contribution >= 0.6 is 0 Å². The van der Waals surface area contributed by atoms with Gasteiger partial charge in [-0.2, -0.15) is 13.2 Å². The molecule has 2 aliphatic rings. The Kier molecular flexibility index (Phi) is 4.57. The molecule has 3 rings (SSSR count). The molecule has 1 aromatic carbocycles. The molecule has 0 radical (unpaired) electrons. The van der Waals surface area contributed by atoms with Crippen LogP contribution in [0.3, 0.4) is 0 Å². The van der Waals surface area contributed by atoms with E-state index in [4.69, 9.17) is 0 Å². The molecule has 8 nitrogen and oxygen atoms in total. The number of piperazine rings is 1. The summed E-state index contributed by atoms with van der Waals surface area (Å²) in [4.78, 5) is 36.0. The summed E-state index contributed by atoms with van der Waals surface area (Å²) in [5, 5.41) is 13.5. The molecule has 0 bridgehead atoms. The van der Waals surface area contributed by atoms with Gasteiger partial charge in [-0.15, -0.1) is 0 Å². The minimum atomic E-state index is -4.66. The Balaban J connectivity index is 1.76. The molecule has 0 unspecified atom stereocenters. The molecule has 0 spiro atoms. The molecule has 2 aliphatic heterocycles. The van der Waals surface area contributed by atoms with E-state index in [1.807, 2.05) is 0 Å². The minimum Gasteiger partial charge on any atom is -0.355 e. The SMILES string of the molecule is O=C1C[C@H]([NH+]2CCN(c3ccc(C(F)(F)F)cc3[N+](=O)[O-])CC2)C(=O)N1. The molecule has 2 saturated heterocycles. The number of alkyl halides is 3. The van der Waals surface area contributed by atoms with Gasteiger partial charge >= 0.3 is 6.18 Å². The van der Waals surface area contributed by atoms with Gasteiger partial charge < -0.3 is 9.80 Å². The highest BCUT2D eigenvalue weighted by Crippen LogP contribution is 2.36. The minimum absolute atomic E-state index is 0.106. The van der Waals surface area contributed by atoms with E-state index in [2.05, 4.69) is 5.32 Å². The lowest BCUT2D eigenvalue weighted by Gasteiger charge is -2.35. The van der Waals surface area contributed by atoms with Crippen molar-refractivity contribution >= 4 is 23.2 Å². The van der Waals surface area contributed by atoms with Gasteiger partial charge in [-0.05, 0) is 12.1 Å². The van der Waals surface area contributed by atoms with Crippen LogP contribution in [-0.2, 0) is 15.8 Å². The van der Waals surface area contributed by atoms with Gasteiger partial charge in [0.1, 0.15) is 5.69 Å². The van der Waals surface area contributed by atoms with Crippen LogP contribution in [0.2, 0.25) is 0 Å². The number of nitro benzene ring substituents is 1. The lowest BCUT2D eigenvalue weighted by Crippen LogP contribution is -3.19. The van der Waals surface area contributed by atoms with Crippen LogP contribution in [0.1, 0.15) is 12.0 Å². The molecule has 2 N–H and O–H groups in total. The average Bonchev–Trinajstić information content (AvgIpc) is 2.92. The highest BCUT2D eigenvalue weighted by molar-refractivity contribution is 6.04. The van der Waals surface area contributed by atoms with Crippen molar-refractivity contribution in [3.05, 3.63) is 33.9 Å². The van der Waals surface area contributed by atoms with Crippen LogP contribution in [0, 0.1) is 10.1 Å². The summed E-state index contributed by atoms with van der Waals surface area (Å²) in [6.45, 7) is 1.56. The maximum Gasteiger partial charge on any atom is 0.416 e. The molecule has 0 aromatic heterocycles. The summed E-state index contributed by atoms with van der Waals surface area (Å²) in [7, 11) is 0. The zero-order chi connectivity index (χ0) is 19.1. The van der Waals surface area contributed by atoms with Crippen LogP contribution in [-0.4, -0.2) is 49.0 Å². The smallest absolute Gasteiger partial charge is 0.355 e. The third-order valence-electron chi connectivity index (χ3n) is 4.71. The van der Waals surface area contributed by atoms with Crippen molar-refractivity contribution in [2.24, 2.45) is 0 Å². The number of hydrogen-bond acceptors (Lipinski definition) is 5. The van der Waals surface area contributed by atoms with Crippen molar-refractivity contribution in [1.29, 1.82) is 0 Å². The van der Waals surface area contributed by atoms with E-state index < -0.39 is 28.4 Å². The van der Waals surface area contributed by atoms with Gasteiger partial charge in [0.2, 0.25) is 5.91 Å². The summed E-state index contributed by atoms with van der Waals surface area (Å²) >= 11 is 0. The lowest BCUT2D eigenvalue weighted by atomic mass is 10.1. The zero-order valence-corrected chi connectivity index (χ0v) is 13.5. The zero-order valence-electron chi connectivity index (χ0n) is 13.5. The second-order valence-corrected chi connectivity index (χ2v) is 6.27. The number of nitrogens with zero attached hydrogens (tertiary/aromatic N) is 2. The van der Waals surface area contributed by atoms with Gasteiger partial charge in [0, 0.05) is 6.07 Å². The van der Waals surface area contributed by atoms with Gasteiger partial charge in [-0.25, -0.2) is 0 Å². The predicted octanol–water partition coefficient (Wildman–Crippen LogP) is -0.266. The topological polar surface area (TPSA) is 97.0 Å². The molecular formula is C15H16F3N4O4+. The summed E-state index contributed by atoms with van der Waals surface area (Å²) in [6.07, 6.45) is -4.55. The quantitative estimate of drug-likeness (QED) is 0.432. The monoisotopic (exact) mass is 373 g/mol. The number of nitro groups is 1. The number of quaternary nitrogens is 1. The number of amides is 2. The number of halogens is 3. The van der Waals surface area contributed by atoms with E-state index in [0.29, 0.717) is 32.2 Å². The van der Waals surface area contributed by atoms with Gasteiger partial charge in [0.15, 0.2) is 6.04 Å². The first-order valence-electron chi connectivity index (χ1n) is 7.95. The fourth-order valence-corrected chi connectivity index (χ4v) is 3.38. The Hall–Kier alpha value is -2.69. The first-order valence-corrected chi connectivity index (χ1v) is 7.95. The summed E-state index contributed by atoms with van der Waals surface area (Å²) in [5.41, 5.74) is -1.55. The van der Waals surface area contributed by atoms with Crippen molar-refractivity contribution < 1.29 is 32.6 Å². The van der Waals surface area contributed by atoms with Crippen LogP contribution in [0.4, 0.5) is 24.5 Å². The summed E-state index contributed by atoms with van der Waals surface area (Å²) in [6, 6.07) is 1.99.